The van der Waals surface area contributed by atoms with Gasteiger partial charge < -0.3 is 9.13 Å². The highest BCUT2D eigenvalue weighted by Crippen LogP contribution is 2.43. The first-order chi connectivity index (χ1) is 19.1. The van der Waals surface area contributed by atoms with Crippen LogP contribution in [0.2, 0.25) is 0 Å². The van der Waals surface area contributed by atoms with Crippen molar-refractivity contribution in [2.45, 2.75) is 26.2 Å². The average molecular weight is 498 g/mol. The van der Waals surface area contributed by atoms with Crippen molar-refractivity contribution in [1.82, 2.24) is 9.13 Å². The molecule has 0 atom stereocenters. The lowest BCUT2D eigenvalue weighted by molar-refractivity contribution is 0.645. The van der Waals surface area contributed by atoms with Crippen LogP contribution >= 0.6 is 0 Å². The zero-order valence-corrected chi connectivity index (χ0v) is 22.4. The van der Waals surface area contributed by atoms with Gasteiger partial charge in [0.15, 0.2) is 0 Å². The van der Waals surface area contributed by atoms with E-state index in [1.165, 1.54) is 77.3 Å². The van der Waals surface area contributed by atoms with Crippen LogP contribution in [-0.4, -0.2) is 15.8 Å². The summed E-state index contributed by atoms with van der Waals surface area (Å²) in [5, 5.41) is 2.61. The number of nitrogens with zero attached hydrogens (tertiary/aromatic N) is 2. The fraction of sp³-hybridized carbons (Fsp3) is 0.111. The van der Waals surface area contributed by atoms with Crippen molar-refractivity contribution < 1.29 is 0 Å². The number of para-hydroxylation sites is 3. The van der Waals surface area contributed by atoms with Crippen LogP contribution in [0.3, 0.4) is 0 Å². The summed E-state index contributed by atoms with van der Waals surface area (Å²) in [5.41, 5.74) is 16.2. The van der Waals surface area contributed by atoms with Crippen LogP contribution in [-0.2, 0) is 5.41 Å². The fourth-order valence-corrected chi connectivity index (χ4v) is 7.86. The van der Waals surface area contributed by atoms with Gasteiger partial charge >= 0.3 is 0 Å². The summed E-state index contributed by atoms with van der Waals surface area (Å²) in [6.07, 6.45) is 0. The number of hydrogen-bond donors (Lipinski definition) is 0. The van der Waals surface area contributed by atoms with Gasteiger partial charge in [0.25, 0.3) is 0 Å². The minimum absolute atomic E-state index is 0.0705. The quantitative estimate of drug-likeness (QED) is 0.229. The summed E-state index contributed by atoms with van der Waals surface area (Å²) in [6.45, 7) is 7.29. The molecule has 2 aromatic heterocycles. The molecule has 0 bridgehead atoms. The zero-order valence-electron chi connectivity index (χ0n) is 22.4. The summed E-state index contributed by atoms with van der Waals surface area (Å²) in [5.74, 6) is 0. The van der Waals surface area contributed by atoms with Crippen molar-refractivity contribution in [2.75, 3.05) is 0 Å². The molecule has 0 aliphatic carbocycles. The lowest BCUT2D eigenvalue weighted by atomic mass is 9.30. The van der Waals surface area contributed by atoms with Crippen LogP contribution < -0.4 is 16.4 Å². The highest BCUT2D eigenvalue weighted by Gasteiger charge is 2.45. The Bertz CT molecular complexity index is 2160. The van der Waals surface area contributed by atoms with Crippen LogP contribution in [0.4, 0.5) is 0 Å². The second kappa shape index (κ2) is 7.12. The molecule has 4 heterocycles. The molecule has 2 aliphatic heterocycles. The van der Waals surface area contributed by atoms with E-state index in [1.54, 1.807) is 0 Å². The second-order valence-electron chi connectivity index (χ2n) is 11.9. The Balaban J connectivity index is 1.56. The normalized spacial score (nSPS) is 14.7. The van der Waals surface area contributed by atoms with Crippen LogP contribution in [0, 0.1) is 6.92 Å². The monoisotopic (exact) mass is 498 g/mol. The maximum Gasteiger partial charge on any atom is 0.247 e. The smallest absolute Gasteiger partial charge is 0.247 e. The third-order valence-corrected chi connectivity index (χ3v) is 9.39. The largest absolute Gasteiger partial charge is 0.308 e. The number of hydrogen-bond acceptors (Lipinski definition) is 0. The van der Waals surface area contributed by atoms with Crippen LogP contribution in [0.15, 0.2) is 109 Å². The zero-order chi connectivity index (χ0) is 26.0. The molecule has 9 rings (SSSR count). The van der Waals surface area contributed by atoms with Gasteiger partial charge in [-0.1, -0.05) is 104 Å². The predicted octanol–water partition coefficient (Wildman–Crippen LogP) is 6.50. The molecular formula is C36H27BN2. The van der Waals surface area contributed by atoms with E-state index in [9.17, 15) is 0 Å². The first kappa shape index (κ1) is 21.4. The van der Waals surface area contributed by atoms with Gasteiger partial charge in [-0.15, -0.1) is 0 Å². The highest BCUT2D eigenvalue weighted by molar-refractivity contribution is 6.99. The number of aryl methyl sites for hydroxylation is 1. The van der Waals surface area contributed by atoms with Gasteiger partial charge in [-0.2, -0.15) is 0 Å². The molecule has 2 nitrogen and oxygen atoms in total. The Morgan fingerprint density at radius 3 is 2.15 bits per heavy atom. The number of benzene rings is 5. The summed E-state index contributed by atoms with van der Waals surface area (Å²) in [4.78, 5) is 0. The Hall–Kier alpha value is -4.50. The SMILES string of the molecule is Cc1cc2c3c(c1)C(C)(C)c1ccccc1B3c1cccc3c1n-2c1c2ccccc2n(-c2ccccc2)c31. The van der Waals surface area contributed by atoms with Crippen LogP contribution in [0.25, 0.3) is 44.2 Å². The van der Waals surface area contributed by atoms with Crippen molar-refractivity contribution in [3.05, 3.63) is 126 Å². The van der Waals surface area contributed by atoms with Crippen LogP contribution in [0.5, 0.6) is 0 Å². The molecule has 39 heavy (non-hydrogen) atoms. The number of aromatic nitrogens is 2. The van der Waals surface area contributed by atoms with Gasteiger partial charge in [-0.05, 0) is 58.8 Å². The van der Waals surface area contributed by atoms with Gasteiger partial charge in [-0.3, -0.25) is 0 Å². The molecule has 5 aromatic carbocycles. The molecule has 0 fully saturated rings. The Morgan fingerprint density at radius 2 is 1.28 bits per heavy atom. The molecular weight excluding hydrogens is 471 g/mol. The maximum atomic E-state index is 2.61. The Labute approximate surface area is 228 Å². The third-order valence-electron chi connectivity index (χ3n) is 9.39. The van der Waals surface area contributed by atoms with Crippen molar-refractivity contribution in [3.8, 4) is 11.4 Å². The van der Waals surface area contributed by atoms with E-state index in [4.69, 9.17) is 0 Å². The Kier molecular flexibility index (Phi) is 3.91. The van der Waals surface area contributed by atoms with Gasteiger partial charge in [0.1, 0.15) is 0 Å². The summed E-state index contributed by atoms with van der Waals surface area (Å²) in [7, 11) is 0. The van der Waals surface area contributed by atoms with Crippen molar-refractivity contribution in [1.29, 1.82) is 0 Å². The summed E-state index contributed by atoms with van der Waals surface area (Å²) < 4.78 is 5.08. The minimum atomic E-state index is -0.0705. The molecule has 184 valence electrons. The molecule has 0 saturated carbocycles. The fourth-order valence-electron chi connectivity index (χ4n) is 7.86. The molecule has 0 unspecified atom stereocenters. The second-order valence-corrected chi connectivity index (χ2v) is 11.9. The minimum Gasteiger partial charge on any atom is -0.308 e. The third kappa shape index (κ3) is 2.49. The maximum absolute atomic E-state index is 2.61. The van der Waals surface area contributed by atoms with E-state index in [2.05, 4.69) is 139 Å². The van der Waals surface area contributed by atoms with Crippen molar-refractivity contribution in [3.63, 3.8) is 0 Å². The summed E-state index contributed by atoms with van der Waals surface area (Å²) >= 11 is 0. The van der Waals surface area contributed by atoms with E-state index in [0.29, 0.717) is 0 Å². The standard InChI is InChI=1S/C36H27BN2/c1-22-20-27-32-31(21-22)39-33-25(15-11-18-29(33)37(32)28-17-9-8-16-26(28)36(27,2)3)35-34(39)24-14-7-10-19-30(24)38(35)23-12-5-4-6-13-23/h4-21H,1-3H3. The van der Waals surface area contributed by atoms with E-state index < -0.39 is 0 Å². The van der Waals surface area contributed by atoms with Gasteiger partial charge in [0.2, 0.25) is 6.71 Å². The first-order valence-electron chi connectivity index (χ1n) is 13.9. The molecule has 0 spiro atoms. The topological polar surface area (TPSA) is 9.86 Å². The van der Waals surface area contributed by atoms with Gasteiger partial charge in [0.05, 0.1) is 22.1 Å². The predicted molar refractivity (Wildman–Crippen MR) is 166 cm³/mol. The van der Waals surface area contributed by atoms with Crippen molar-refractivity contribution in [2.24, 2.45) is 0 Å². The molecule has 7 aromatic rings. The molecule has 3 heteroatoms. The van der Waals surface area contributed by atoms with Gasteiger partial charge in [-0.25, -0.2) is 0 Å². The molecule has 0 amide bonds. The van der Waals surface area contributed by atoms with E-state index >= 15 is 0 Å². The number of fused-ring (bicyclic) bond motifs is 9. The van der Waals surface area contributed by atoms with Gasteiger partial charge in [0, 0.05) is 27.6 Å². The molecule has 2 aliphatic rings. The lowest BCUT2D eigenvalue weighted by Crippen LogP contribution is -2.63. The molecule has 0 N–H and O–H groups in total. The first-order valence-corrected chi connectivity index (χ1v) is 13.9. The van der Waals surface area contributed by atoms with E-state index in [0.717, 1.165) is 0 Å². The van der Waals surface area contributed by atoms with E-state index in [1.807, 2.05) is 0 Å². The Morgan fingerprint density at radius 1 is 0.590 bits per heavy atom. The number of rotatable bonds is 1. The van der Waals surface area contributed by atoms with Crippen molar-refractivity contribution >= 4 is 55.9 Å². The van der Waals surface area contributed by atoms with E-state index in [-0.39, 0.29) is 12.1 Å². The summed E-state index contributed by atoms with van der Waals surface area (Å²) in [6, 6.07) is 40.7. The lowest BCUT2D eigenvalue weighted by Gasteiger charge is -2.42. The van der Waals surface area contributed by atoms with Crippen LogP contribution in [0.1, 0.15) is 30.5 Å². The average Bonchev–Trinajstić information content (AvgIpc) is 3.47. The molecule has 0 radical (unpaired) electrons. The molecule has 0 saturated heterocycles. The highest BCUT2D eigenvalue weighted by atomic mass is 15.1.